The topological polar surface area (TPSA) is 62.7 Å². The molecule has 4 heterocycles. The number of ether oxygens (including phenoxy) is 1. The van der Waals surface area contributed by atoms with E-state index in [1.54, 1.807) is 6.20 Å². The molecule has 4 rings (SSSR count). The Morgan fingerprint density at radius 1 is 1.36 bits per heavy atom. The van der Waals surface area contributed by atoms with Crippen LogP contribution in [0.15, 0.2) is 24.5 Å². The minimum absolute atomic E-state index is 0.109. The molecule has 3 saturated heterocycles. The van der Waals surface area contributed by atoms with Crippen molar-refractivity contribution in [3.63, 3.8) is 0 Å². The molecule has 0 N–H and O–H groups in total. The third-order valence-corrected chi connectivity index (χ3v) is 5.81. The monoisotopic (exact) mass is 343 g/mol. The summed E-state index contributed by atoms with van der Waals surface area (Å²) in [5.41, 5.74) is 0.819. The first-order valence-corrected chi connectivity index (χ1v) is 9.28. The molecule has 6 nitrogen and oxygen atoms in total. The molecule has 3 aliphatic rings. The van der Waals surface area contributed by atoms with Crippen LogP contribution in [-0.2, 0) is 20.9 Å². The van der Waals surface area contributed by atoms with Gasteiger partial charge in [-0.3, -0.25) is 14.6 Å². The first kappa shape index (κ1) is 16.5. The minimum Gasteiger partial charge on any atom is -0.368 e. The van der Waals surface area contributed by atoms with E-state index in [4.69, 9.17) is 4.74 Å². The molecule has 0 bridgehead atoms. The van der Waals surface area contributed by atoms with E-state index in [9.17, 15) is 9.59 Å². The van der Waals surface area contributed by atoms with Gasteiger partial charge in [-0.05, 0) is 43.7 Å². The van der Waals surface area contributed by atoms with Gasteiger partial charge in [0.15, 0.2) is 0 Å². The van der Waals surface area contributed by atoms with Crippen molar-refractivity contribution < 1.29 is 14.3 Å². The summed E-state index contributed by atoms with van der Waals surface area (Å²) >= 11 is 0. The van der Waals surface area contributed by atoms with Gasteiger partial charge in [-0.1, -0.05) is 6.07 Å². The lowest BCUT2D eigenvalue weighted by Crippen LogP contribution is -2.58. The van der Waals surface area contributed by atoms with Gasteiger partial charge in [0.1, 0.15) is 6.10 Å². The van der Waals surface area contributed by atoms with Crippen LogP contribution in [0.5, 0.6) is 0 Å². The van der Waals surface area contributed by atoms with Crippen LogP contribution >= 0.6 is 0 Å². The fraction of sp³-hybridized carbons (Fsp3) is 0.632. The van der Waals surface area contributed by atoms with Crippen LogP contribution in [0.2, 0.25) is 0 Å². The van der Waals surface area contributed by atoms with Gasteiger partial charge in [0.2, 0.25) is 5.91 Å². The van der Waals surface area contributed by atoms with Gasteiger partial charge in [0, 0.05) is 45.1 Å². The highest BCUT2D eigenvalue weighted by Gasteiger charge is 2.49. The number of carbonyl (C=O) groups is 2. The largest absolute Gasteiger partial charge is 0.368 e. The molecule has 2 atom stereocenters. The Balaban J connectivity index is 1.52. The van der Waals surface area contributed by atoms with Crippen molar-refractivity contribution >= 4 is 11.8 Å². The SMILES string of the molecule is O=C([C@@H]1CCCO1)N1CCC[C@@]2(CCC(=O)N2Cc2cccnc2)C1. The zero-order valence-electron chi connectivity index (χ0n) is 14.5. The summed E-state index contributed by atoms with van der Waals surface area (Å²) in [4.78, 5) is 33.4. The third kappa shape index (κ3) is 3.15. The second kappa shape index (κ2) is 6.75. The number of nitrogens with zero attached hydrogens (tertiary/aromatic N) is 3. The van der Waals surface area contributed by atoms with Gasteiger partial charge in [-0.25, -0.2) is 0 Å². The summed E-state index contributed by atoms with van der Waals surface area (Å²) in [6, 6.07) is 3.90. The number of aromatic nitrogens is 1. The van der Waals surface area contributed by atoms with Gasteiger partial charge in [0.25, 0.3) is 5.91 Å². The number of rotatable bonds is 3. The molecule has 0 aliphatic carbocycles. The van der Waals surface area contributed by atoms with E-state index in [1.807, 2.05) is 28.1 Å². The quantitative estimate of drug-likeness (QED) is 0.839. The Bertz CT molecular complexity index is 645. The van der Waals surface area contributed by atoms with Crippen molar-refractivity contribution in [2.24, 2.45) is 0 Å². The molecular weight excluding hydrogens is 318 g/mol. The highest BCUT2D eigenvalue weighted by atomic mass is 16.5. The molecule has 25 heavy (non-hydrogen) atoms. The summed E-state index contributed by atoms with van der Waals surface area (Å²) in [6.07, 6.45) is 8.37. The van der Waals surface area contributed by atoms with Gasteiger partial charge in [-0.15, -0.1) is 0 Å². The number of likely N-dealkylation sites (tertiary alicyclic amines) is 2. The smallest absolute Gasteiger partial charge is 0.251 e. The number of piperidine rings is 1. The maximum absolute atomic E-state index is 12.8. The van der Waals surface area contributed by atoms with Gasteiger partial charge >= 0.3 is 0 Å². The molecule has 1 aromatic rings. The summed E-state index contributed by atoms with van der Waals surface area (Å²) in [7, 11) is 0. The van der Waals surface area contributed by atoms with E-state index >= 15 is 0 Å². The number of hydrogen-bond donors (Lipinski definition) is 0. The van der Waals surface area contributed by atoms with Crippen LogP contribution in [-0.4, -0.2) is 57.9 Å². The molecule has 134 valence electrons. The van der Waals surface area contributed by atoms with Crippen molar-refractivity contribution in [1.82, 2.24) is 14.8 Å². The molecule has 0 radical (unpaired) electrons. The van der Waals surface area contributed by atoms with Crippen LogP contribution in [0.25, 0.3) is 0 Å². The fourth-order valence-electron chi connectivity index (χ4n) is 4.51. The number of carbonyl (C=O) groups excluding carboxylic acids is 2. The summed E-state index contributed by atoms with van der Waals surface area (Å²) < 4.78 is 5.58. The second-order valence-electron chi connectivity index (χ2n) is 7.43. The van der Waals surface area contributed by atoms with Crippen LogP contribution in [0.4, 0.5) is 0 Å². The Kier molecular flexibility index (Phi) is 4.46. The Morgan fingerprint density at radius 2 is 2.28 bits per heavy atom. The minimum atomic E-state index is -0.279. The van der Waals surface area contributed by atoms with E-state index in [-0.39, 0.29) is 23.5 Å². The zero-order valence-corrected chi connectivity index (χ0v) is 14.5. The molecule has 2 amide bonds. The van der Waals surface area contributed by atoms with E-state index in [1.165, 1.54) is 0 Å². The Morgan fingerprint density at radius 3 is 3.04 bits per heavy atom. The van der Waals surface area contributed by atoms with Gasteiger partial charge in [-0.2, -0.15) is 0 Å². The lowest BCUT2D eigenvalue weighted by atomic mass is 9.86. The van der Waals surface area contributed by atoms with Crippen molar-refractivity contribution in [2.75, 3.05) is 19.7 Å². The number of amides is 2. The highest BCUT2D eigenvalue weighted by Crippen LogP contribution is 2.39. The van der Waals surface area contributed by atoms with E-state index in [0.717, 1.165) is 44.2 Å². The standard InChI is InChI=1S/C19H25N3O3/c23-17-6-8-19(22(17)13-15-4-1-9-20-12-15)7-3-10-21(14-19)18(24)16-5-2-11-25-16/h1,4,9,12,16H,2-3,5-8,10-11,13-14H2/t16-,19+/m0/s1. The average molecular weight is 343 g/mol. The van der Waals surface area contributed by atoms with E-state index < -0.39 is 0 Å². The number of pyridine rings is 1. The predicted octanol–water partition coefficient (Wildman–Crippen LogP) is 1.74. The van der Waals surface area contributed by atoms with Gasteiger partial charge < -0.3 is 14.5 Å². The van der Waals surface area contributed by atoms with E-state index in [0.29, 0.717) is 26.1 Å². The van der Waals surface area contributed by atoms with Crippen molar-refractivity contribution in [1.29, 1.82) is 0 Å². The summed E-state index contributed by atoms with van der Waals surface area (Å²) in [6.45, 7) is 2.67. The van der Waals surface area contributed by atoms with Crippen LogP contribution in [0, 0.1) is 0 Å². The molecule has 1 spiro atoms. The normalized spacial score (nSPS) is 29.6. The first-order chi connectivity index (χ1) is 12.2. The molecule has 0 saturated carbocycles. The second-order valence-corrected chi connectivity index (χ2v) is 7.43. The lowest BCUT2D eigenvalue weighted by molar-refractivity contribution is -0.147. The van der Waals surface area contributed by atoms with Crippen LogP contribution in [0.1, 0.15) is 44.1 Å². The first-order valence-electron chi connectivity index (χ1n) is 9.28. The predicted molar refractivity (Wildman–Crippen MR) is 91.5 cm³/mol. The van der Waals surface area contributed by atoms with E-state index in [2.05, 4.69) is 4.98 Å². The highest BCUT2D eigenvalue weighted by molar-refractivity contribution is 5.83. The zero-order chi connectivity index (χ0) is 17.3. The molecular formula is C19H25N3O3. The Hall–Kier alpha value is -1.95. The number of hydrogen-bond acceptors (Lipinski definition) is 4. The average Bonchev–Trinajstić information content (AvgIpc) is 3.27. The molecule has 0 unspecified atom stereocenters. The van der Waals surface area contributed by atoms with Gasteiger partial charge in [0.05, 0.1) is 5.54 Å². The molecule has 6 heteroatoms. The van der Waals surface area contributed by atoms with Crippen LogP contribution < -0.4 is 0 Å². The maximum Gasteiger partial charge on any atom is 0.251 e. The molecule has 0 aromatic carbocycles. The molecule has 3 fully saturated rings. The van der Waals surface area contributed by atoms with Crippen molar-refractivity contribution in [2.45, 2.75) is 56.7 Å². The fourth-order valence-corrected chi connectivity index (χ4v) is 4.51. The lowest BCUT2D eigenvalue weighted by Gasteiger charge is -2.46. The summed E-state index contributed by atoms with van der Waals surface area (Å²) in [5.74, 6) is 0.299. The van der Waals surface area contributed by atoms with Crippen molar-refractivity contribution in [3.05, 3.63) is 30.1 Å². The molecule has 3 aliphatic heterocycles. The third-order valence-electron chi connectivity index (χ3n) is 5.81. The van der Waals surface area contributed by atoms with Crippen molar-refractivity contribution in [3.8, 4) is 0 Å². The molecule has 1 aromatic heterocycles. The maximum atomic E-state index is 12.8. The van der Waals surface area contributed by atoms with Crippen LogP contribution in [0.3, 0.4) is 0 Å². The summed E-state index contributed by atoms with van der Waals surface area (Å²) in [5, 5.41) is 0. The Labute approximate surface area is 148 Å².